The van der Waals surface area contributed by atoms with E-state index in [1.165, 1.54) is 34.8 Å². The van der Waals surface area contributed by atoms with Crippen LogP contribution in [-0.4, -0.2) is 53.4 Å². The molecule has 1 aromatic carbocycles. The molecule has 1 aromatic heterocycles. The molecule has 1 fully saturated rings. The molecule has 2 heterocycles. The average Bonchev–Trinajstić information content (AvgIpc) is 3.20. The number of nitrogens with zero attached hydrogens (tertiary/aromatic N) is 4. The summed E-state index contributed by atoms with van der Waals surface area (Å²) in [5.74, 6) is -0.504. The smallest absolute Gasteiger partial charge is 0.341 e. The van der Waals surface area contributed by atoms with Crippen LogP contribution in [0.15, 0.2) is 35.4 Å². The molecular weight excluding hydrogens is 404 g/mol. The fourth-order valence-corrected chi connectivity index (χ4v) is 4.61. The van der Waals surface area contributed by atoms with Gasteiger partial charge in [-0.2, -0.15) is 4.31 Å². The lowest BCUT2D eigenvalue weighted by molar-refractivity contribution is 0.0696. The highest BCUT2D eigenvalue weighted by Crippen LogP contribution is 2.24. The Balaban J connectivity index is 1.91. The van der Waals surface area contributed by atoms with Gasteiger partial charge in [-0.1, -0.05) is 18.5 Å². The monoisotopic (exact) mass is 424 g/mol. The van der Waals surface area contributed by atoms with Gasteiger partial charge in [0.25, 0.3) is 0 Å². The minimum Gasteiger partial charge on any atom is -0.477 e. The van der Waals surface area contributed by atoms with E-state index >= 15 is 0 Å². The topological polar surface area (TPSA) is 104 Å². The summed E-state index contributed by atoms with van der Waals surface area (Å²) in [4.78, 5) is 22.0. The van der Waals surface area contributed by atoms with Gasteiger partial charge in [-0.3, -0.25) is 0 Å². The third-order valence-electron chi connectivity index (χ3n) is 4.58. The quantitative estimate of drug-likeness (QED) is 0.728. The molecule has 8 nitrogen and oxygen atoms in total. The number of rotatable bonds is 7. The maximum Gasteiger partial charge on any atom is 0.341 e. The highest BCUT2D eigenvalue weighted by atomic mass is 35.5. The molecule has 0 spiro atoms. The summed E-state index contributed by atoms with van der Waals surface area (Å²) in [6, 6.07) is 5.94. The van der Waals surface area contributed by atoms with E-state index < -0.39 is 16.0 Å². The van der Waals surface area contributed by atoms with Gasteiger partial charge in [0, 0.05) is 30.9 Å². The van der Waals surface area contributed by atoms with Gasteiger partial charge in [0.1, 0.15) is 17.2 Å². The van der Waals surface area contributed by atoms with Crippen molar-refractivity contribution in [2.45, 2.75) is 31.2 Å². The predicted octanol–water partition coefficient (Wildman–Crippen LogP) is 2.64. The van der Waals surface area contributed by atoms with E-state index in [0.29, 0.717) is 10.8 Å². The number of carboxylic acid groups (broad SMARTS) is 1. The Morgan fingerprint density at radius 2 is 1.89 bits per heavy atom. The first kappa shape index (κ1) is 20.5. The van der Waals surface area contributed by atoms with Crippen LogP contribution in [0.1, 0.15) is 35.9 Å². The Bertz CT molecular complexity index is 960. The molecule has 1 saturated heterocycles. The maximum atomic E-state index is 12.9. The molecule has 0 aliphatic carbocycles. The number of benzene rings is 1. The summed E-state index contributed by atoms with van der Waals surface area (Å²) in [5, 5.41) is 9.87. The van der Waals surface area contributed by atoms with Gasteiger partial charge in [-0.05, 0) is 37.1 Å². The molecule has 1 aliphatic rings. The van der Waals surface area contributed by atoms with Crippen LogP contribution in [0, 0.1) is 0 Å². The van der Waals surface area contributed by atoms with E-state index in [0.717, 1.165) is 25.9 Å². The maximum absolute atomic E-state index is 12.9. The number of aromatic nitrogens is 2. The second kappa shape index (κ2) is 8.42. The SMILES string of the molecule is CCN(Cc1ncc(C(=O)O)c(N2CCCC2)n1)S(=O)(=O)c1ccc(Cl)cc1. The van der Waals surface area contributed by atoms with Gasteiger partial charge < -0.3 is 10.0 Å². The molecule has 0 atom stereocenters. The van der Waals surface area contributed by atoms with E-state index in [9.17, 15) is 18.3 Å². The third-order valence-corrected chi connectivity index (χ3v) is 6.76. The van der Waals surface area contributed by atoms with Crippen molar-refractivity contribution in [3.8, 4) is 0 Å². The summed E-state index contributed by atoms with van der Waals surface area (Å²) in [6.07, 6.45) is 3.18. The van der Waals surface area contributed by atoms with E-state index in [1.807, 2.05) is 4.90 Å². The lowest BCUT2D eigenvalue weighted by Crippen LogP contribution is -2.32. The molecule has 2 aromatic rings. The Hall–Kier alpha value is -2.23. The molecule has 3 rings (SSSR count). The number of hydrogen-bond donors (Lipinski definition) is 1. The second-order valence-corrected chi connectivity index (χ2v) is 8.78. The lowest BCUT2D eigenvalue weighted by atomic mass is 10.3. The number of halogens is 1. The standard InChI is InChI=1S/C18H21ClN4O4S/c1-2-23(28(26,27)14-7-5-13(19)6-8-14)12-16-20-11-15(18(24)25)17(21-16)22-9-3-4-10-22/h5-8,11H,2-4,9-10,12H2,1H3,(H,24,25). The molecule has 1 aliphatic heterocycles. The number of hydrogen-bond acceptors (Lipinski definition) is 6. The average molecular weight is 425 g/mol. The van der Waals surface area contributed by atoms with E-state index in [2.05, 4.69) is 9.97 Å². The first-order valence-electron chi connectivity index (χ1n) is 8.92. The van der Waals surface area contributed by atoms with Gasteiger partial charge in [0.2, 0.25) is 10.0 Å². The summed E-state index contributed by atoms with van der Waals surface area (Å²) >= 11 is 5.84. The van der Waals surface area contributed by atoms with E-state index in [4.69, 9.17) is 11.6 Å². The summed E-state index contributed by atoms with van der Waals surface area (Å²) in [5.41, 5.74) is 0.0225. The van der Waals surface area contributed by atoms with Crippen molar-refractivity contribution < 1.29 is 18.3 Å². The van der Waals surface area contributed by atoms with Crippen molar-refractivity contribution in [2.24, 2.45) is 0 Å². The van der Waals surface area contributed by atoms with Crippen molar-refractivity contribution in [2.75, 3.05) is 24.5 Å². The number of anilines is 1. The van der Waals surface area contributed by atoms with Crippen LogP contribution >= 0.6 is 11.6 Å². The van der Waals surface area contributed by atoms with Gasteiger partial charge in [-0.15, -0.1) is 0 Å². The molecule has 0 unspecified atom stereocenters. The van der Waals surface area contributed by atoms with Crippen molar-refractivity contribution in [1.82, 2.24) is 14.3 Å². The van der Waals surface area contributed by atoms with Crippen molar-refractivity contribution >= 4 is 33.4 Å². The fraction of sp³-hybridized carbons (Fsp3) is 0.389. The first-order chi connectivity index (χ1) is 13.3. The van der Waals surface area contributed by atoms with Gasteiger partial charge in [0.15, 0.2) is 0 Å². The van der Waals surface area contributed by atoms with Crippen LogP contribution in [0.5, 0.6) is 0 Å². The summed E-state index contributed by atoms with van der Waals surface area (Å²) in [7, 11) is -3.76. The zero-order valence-electron chi connectivity index (χ0n) is 15.4. The third kappa shape index (κ3) is 4.26. The number of carboxylic acids is 1. The van der Waals surface area contributed by atoms with Crippen molar-refractivity contribution in [3.05, 3.63) is 46.9 Å². The Morgan fingerprint density at radius 3 is 2.46 bits per heavy atom. The molecule has 0 radical (unpaired) electrons. The Morgan fingerprint density at radius 1 is 1.25 bits per heavy atom. The molecular formula is C18H21ClN4O4S. The Kier molecular flexibility index (Phi) is 6.17. The largest absolute Gasteiger partial charge is 0.477 e. The van der Waals surface area contributed by atoms with Gasteiger partial charge >= 0.3 is 5.97 Å². The molecule has 150 valence electrons. The normalized spacial score (nSPS) is 14.6. The molecule has 0 saturated carbocycles. The predicted molar refractivity (Wildman–Crippen MR) is 105 cm³/mol. The molecule has 1 N–H and O–H groups in total. The van der Waals surface area contributed by atoms with E-state index in [-0.39, 0.29) is 29.4 Å². The molecule has 0 bridgehead atoms. The van der Waals surface area contributed by atoms with Crippen LogP contribution in [0.3, 0.4) is 0 Å². The summed E-state index contributed by atoms with van der Waals surface area (Å²) in [6.45, 7) is 3.32. The zero-order chi connectivity index (χ0) is 20.3. The van der Waals surface area contributed by atoms with Gasteiger partial charge in [-0.25, -0.2) is 23.2 Å². The summed E-state index contributed by atoms with van der Waals surface area (Å²) < 4.78 is 27.1. The van der Waals surface area contributed by atoms with Crippen molar-refractivity contribution in [3.63, 3.8) is 0 Å². The van der Waals surface area contributed by atoms with Crippen LogP contribution in [-0.2, 0) is 16.6 Å². The molecule has 28 heavy (non-hydrogen) atoms. The number of sulfonamides is 1. The lowest BCUT2D eigenvalue weighted by Gasteiger charge is -2.22. The van der Waals surface area contributed by atoms with Crippen LogP contribution in [0.25, 0.3) is 0 Å². The minimum absolute atomic E-state index is 0.0225. The molecule has 0 amide bonds. The van der Waals surface area contributed by atoms with Crippen LogP contribution < -0.4 is 4.90 Å². The Labute approximate surface area is 168 Å². The second-order valence-electron chi connectivity index (χ2n) is 6.41. The minimum atomic E-state index is -3.76. The van der Waals surface area contributed by atoms with E-state index in [1.54, 1.807) is 6.92 Å². The fourth-order valence-electron chi connectivity index (χ4n) is 3.09. The number of carbonyl (C=O) groups is 1. The van der Waals surface area contributed by atoms with Crippen LogP contribution in [0.2, 0.25) is 5.02 Å². The molecule has 10 heteroatoms. The van der Waals surface area contributed by atoms with Crippen molar-refractivity contribution in [1.29, 1.82) is 0 Å². The highest BCUT2D eigenvalue weighted by molar-refractivity contribution is 7.89. The number of aromatic carboxylic acids is 1. The zero-order valence-corrected chi connectivity index (χ0v) is 16.9. The van der Waals surface area contributed by atoms with Crippen LogP contribution in [0.4, 0.5) is 5.82 Å². The van der Waals surface area contributed by atoms with Gasteiger partial charge in [0.05, 0.1) is 11.4 Å². The highest BCUT2D eigenvalue weighted by Gasteiger charge is 2.26. The first-order valence-corrected chi connectivity index (χ1v) is 10.7.